The molecular weight excluding hydrogens is 606 g/mol. The van der Waals surface area contributed by atoms with E-state index in [-0.39, 0.29) is 29.2 Å². The number of thiazole rings is 1. The predicted molar refractivity (Wildman–Crippen MR) is 166 cm³/mol. The molecule has 0 unspecified atom stereocenters. The number of amides is 3. The summed E-state index contributed by atoms with van der Waals surface area (Å²) < 4.78 is 21.7. The Hall–Kier alpha value is -4.75. The van der Waals surface area contributed by atoms with Gasteiger partial charge in [0, 0.05) is 16.5 Å². The molecule has 4 aromatic rings. The quantitative estimate of drug-likeness (QED) is 0.259. The Kier molecular flexibility index (Phi) is 8.06. The largest absolute Gasteiger partial charge is 0.497 e. The minimum absolute atomic E-state index is 0.269. The molecule has 3 heterocycles. The standard InChI is InChI=1S/C31H27N3O8S2/c1-39-19-9-5-17(6-10-19)32-23(35)15-42-21-13-4-16(14-22(21)41-3)24-25-27(43-28-26(24)44-31(38)33-28)30(37)34(29(25)36)18-7-11-20(40-2)12-8-18/h4-14,24-25,27H,15H2,1-3H3,(H,32,35)(H,33,38)/t24-,25-,27+/m0/s1. The van der Waals surface area contributed by atoms with Gasteiger partial charge < -0.3 is 29.2 Å². The number of aromatic amines is 1. The molecule has 6 rings (SSSR count). The zero-order valence-corrected chi connectivity index (χ0v) is 25.5. The van der Waals surface area contributed by atoms with E-state index in [0.29, 0.717) is 49.8 Å². The minimum atomic E-state index is -0.764. The van der Waals surface area contributed by atoms with Crippen molar-refractivity contribution in [2.45, 2.75) is 16.2 Å². The number of nitrogens with zero attached hydrogens (tertiary/aromatic N) is 1. The van der Waals surface area contributed by atoms with Crippen LogP contribution in [0.3, 0.4) is 0 Å². The molecule has 0 bridgehead atoms. The number of aromatic nitrogens is 1. The van der Waals surface area contributed by atoms with Crippen LogP contribution in [0, 0.1) is 5.92 Å². The topological polar surface area (TPSA) is 136 Å². The average molecular weight is 634 g/mol. The van der Waals surface area contributed by atoms with E-state index in [9.17, 15) is 19.2 Å². The van der Waals surface area contributed by atoms with Gasteiger partial charge in [-0.2, -0.15) is 0 Å². The van der Waals surface area contributed by atoms with Crippen molar-refractivity contribution >= 4 is 52.2 Å². The molecule has 2 aliphatic heterocycles. The van der Waals surface area contributed by atoms with Gasteiger partial charge in [0.25, 0.3) is 5.91 Å². The highest BCUT2D eigenvalue weighted by atomic mass is 32.2. The number of thioether (sulfide) groups is 1. The van der Waals surface area contributed by atoms with Crippen molar-refractivity contribution in [2.24, 2.45) is 5.92 Å². The van der Waals surface area contributed by atoms with Gasteiger partial charge in [0.2, 0.25) is 11.8 Å². The Morgan fingerprint density at radius 2 is 1.55 bits per heavy atom. The van der Waals surface area contributed by atoms with Crippen LogP contribution in [0.25, 0.3) is 0 Å². The normalized spacial score (nSPS) is 18.8. The van der Waals surface area contributed by atoms with Gasteiger partial charge in [-0.25, -0.2) is 4.90 Å². The Morgan fingerprint density at radius 3 is 2.20 bits per heavy atom. The van der Waals surface area contributed by atoms with Gasteiger partial charge >= 0.3 is 4.87 Å². The number of hydrogen-bond donors (Lipinski definition) is 2. The summed E-state index contributed by atoms with van der Waals surface area (Å²) >= 11 is 2.22. The second-order valence-electron chi connectivity index (χ2n) is 9.94. The maximum absolute atomic E-state index is 14.0. The fourth-order valence-corrected chi connectivity index (χ4v) is 7.89. The minimum Gasteiger partial charge on any atom is -0.497 e. The number of benzene rings is 3. The van der Waals surface area contributed by atoms with E-state index in [2.05, 4.69) is 10.3 Å². The highest BCUT2D eigenvalue weighted by Gasteiger charge is 2.56. The number of imide groups is 1. The van der Waals surface area contributed by atoms with Crippen molar-refractivity contribution < 1.29 is 33.3 Å². The molecular formula is C31H27N3O8S2. The summed E-state index contributed by atoms with van der Waals surface area (Å²) in [6, 6.07) is 18.8. The highest BCUT2D eigenvalue weighted by molar-refractivity contribution is 8.00. The van der Waals surface area contributed by atoms with Crippen molar-refractivity contribution in [3.05, 3.63) is 86.8 Å². The lowest BCUT2D eigenvalue weighted by molar-refractivity contribution is -0.122. The van der Waals surface area contributed by atoms with Crippen molar-refractivity contribution in [1.82, 2.24) is 4.98 Å². The molecule has 3 aromatic carbocycles. The number of fused-ring (bicyclic) bond motifs is 2. The summed E-state index contributed by atoms with van der Waals surface area (Å²) in [5, 5.41) is 2.59. The molecule has 2 aliphatic rings. The number of hydrogen-bond acceptors (Lipinski definition) is 10. The molecule has 0 aliphatic carbocycles. The molecule has 1 fully saturated rings. The molecule has 13 heteroatoms. The van der Waals surface area contributed by atoms with Crippen molar-refractivity contribution in [3.8, 4) is 23.0 Å². The van der Waals surface area contributed by atoms with Crippen LogP contribution in [0.2, 0.25) is 0 Å². The molecule has 0 radical (unpaired) electrons. The smallest absolute Gasteiger partial charge is 0.305 e. The van der Waals surface area contributed by atoms with Gasteiger partial charge in [0.15, 0.2) is 18.1 Å². The van der Waals surface area contributed by atoms with E-state index < -0.39 is 17.1 Å². The second-order valence-corrected chi connectivity index (χ2v) is 12.1. The second kappa shape index (κ2) is 12.1. The lowest BCUT2D eigenvalue weighted by Crippen LogP contribution is -2.32. The number of carbonyl (C=O) groups is 3. The van der Waals surface area contributed by atoms with Crippen LogP contribution >= 0.6 is 23.1 Å². The van der Waals surface area contributed by atoms with E-state index in [1.54, 1.807) is 73.8 Å². The number of ether oxygens (including phenoxy) is 4. The van der Waals surface area contributed by atoms with Crippen LogP contribution in [0.4, 0.5) is 11.4 Å². The van der Waals surface area contributed by atoms with Crippen molar-refractivity contribution in [2.75, 3.05) is 38.2 Å². The van der Waals surface area contributed by atoms with E-state index in [1.807, 2.05) is 0 Å². The Labute approximate surface area is 260 Å². The van der Waals surface area contributed by atoms with Crippen LogP contribution in [-0.2, 0) is 14.4 Å². The monoisotopic (exact) mass is 633 g/mol. The molecule has 1 saturated heterocycles. The summed E-state index contributed by atoms with van der Waals surface area (Å²) in [6.07, 6.45) is 0. The van der Waals surface area contributed by atoms with Gasteiger partial charge in [0.1, 0.15) is 16.7 Å². The number of carbonyl (C=O) groups excluding carboxylic acids is 3. The van der Waals surface area contributed by atoms with Crippen LogP contribution in [0.5, 0.6) is 23.0 Å². The third-order valence-corrected chi connectivity index (χ3v) is 9.83. The summed E-state index contributed by atoms with van der Waals surface area (Å²) in [7, 11) is 4.57. The maximum Gasteiger partial charge on any atom is 0.305 e. The van der Waals surface area contributed by atoms with Gasteiger partial charge in [-0.15, -0.1) is 0 Å². The third kappa shape index (κ3) is 5.40. The van der Waals surface area contributed by atoms with Gasteiger partial charge in [-0.1, -0.05) is 29.2 Å². The SMILES string of the molecule is COc1ccc(NC(=O)COc2ccc([C@@H]3c4sc(=O)[nH]c4S[C@H]4C(=O)N(c5ccc(OC)cc5)C(=O)[C@@H]34)cc2OC)cc1. The van der Waals surface area contributed by atoms with Crippen LogP contribution < -0.4 is 34.0 Å². The first-order valence-corrected chi connectivity index (χ1v) is 15.2. The van der Waals surface area contributed by atoms with E-state index in [1.165, 1.54) is 30.9 Å². The zero-order valence-electron chi connectivity index (χ0n) is 23.8. The van der Waals surface area contributed by atoms with Crippen LogP contribution in [0.15, 0.2) is 76.6 Å². The number of rotatable bonds is 9. The number of H-pyrrole nitrogens is 1. The fraction of sp³-hybridized carbons (Fsp3) is 0.226. The summed E-state index contributed by atoms with van der Waals surface area (Å²) in [4.78, 5) is 57.0. The first kappa shape index (κ1) is 29.3. The lowest BCUT2D eigenvalue weighted by Gasteiger charge is -2.30. The molecule has 3 amide bonds. The average Bonchev–Trinajstić information content (AvgIpc) is 3.54. The van der Waals surface area contributed by atoms with Crippen LogP contribution in [-0.4, -0.2) is 55.9 Å². The van der Waals surface area contributed by atoms with E-state index in [0.717, 1.165) is 11.3 Å². The molecule has 11 nitrogen and oxygen atoms in total. The van der Waals surface area contributed by atoms with Gasteiger partial charge in [-0.3, -0.25) is 19.2 Å². The fourth-order valence-electron chi connectivity index (χ4n) is 5.37. The molecule has 0 saturated carbocycles. The van der Waals surface area contributed by atoms with Gasteiger partial charge in [-0.05, 0) is 66.2 Å². The van der Waals surface area contributed by atoms with E-state index in [4.69, 9.17) is 18.9 Å². The summed E-state index contributed by atoms with van der Waals surface area (Å²) in [5.74, 6) is -0.517. The number of nitrogens with one attached hydrogen (secondary N) is 2. The van der Waals surface area contributed by atoms with Crippen LogP contribution in [0.1, 0.15) is 16.4 Å². The molecule has 3 atom stereocenters. The Morgan fingerprint density at radius 1 is 0.864 bits per heavy atom. The first-order chi connectivity index (χ1) is 21.3. The summed E-state index contributed by atoms with van der Waals surface area (Å²) in [5.41, 5.74) is 1.70. The third-order valence-electron chi connectivity index (χ3n) is 7.43. The van der Waals surface area contributed by atoms with Crippen molar-refractivity contribution in [1.29, 1.82) is 0 Å². The van der Waals surface area contributed by atoms with Gasteiger partial charge in [0.05, 0.1) is 38.0 Å². The number of anilines is 2. The first-order valence-electron chi connectivity index (χ1n) is 13.5. The molecule has 0 spiro atoms. The van der Waals surface area contributed by atoms with E-state index >= 15 is 0 Å². The van der Waals surface area contributed by atoms with Crippen molar-refractivity contribution in [3.63, 3.8) is 0 Å². The highest BCUT2D eigenvalue weighted by Crippen LogP contribution is 2.53. The molecule has 226 valence electrons. The predicted octanol–water partition coefficient (Wildman–Crippen LogP) is 4.28. The Balaban J connectivity index is 1.27. The molecule has 1 aromatic heterocycles. The Bertz CT molecular complexity index is 1780. The number of methoxy groups -OCH3 is 3. The molecule has 2 N–H and O–H groups in total. The maximum atomic E-state index is 14.0. The summed E-state index contributed by atoms with van der Waals surface area (Å²) in [6.45, 7) is -0.278. The lowest BCUT2D eigenvalue weighted by atomic mass is 9.83. The zero-order chi connectivity index (χ0) is 31.0. The molecule has 44 heavy (non-hydrogen) atoms.